The highest BCUT2D eigenvalue weighted by Crippen LogP contribution is 2.20. The molecule has 3 aromatic heterocycles. The summed E-state index contributed by atoms with van der Waals surface area (Å²) >= 11 is 0. The molecule has 0 atom stereocenters. The normalized spacial score (nSPS) is 15.0. The van der Waals surface area contributed by atoms with Gasteiger partial charge in [0.25, 0.3) is 11.8 Å². The zero-order chi connectivity index (χ0) is 19.5. The molecule has 1 aliphatic heterocycles. The molecule has 144 valence electrons. The van der Waals surface area contributed by atoms with Crippen LogP contribution in [0.25, 0.3) is 5.52 Å². The molecule has 1 saturated heterocycles. The Morgan fingerprint density at radius 2 is 1.89 bits per heavy atom. The van der Waals surface area contributed by atoms with Crippen molar-refractivity contribution < 1.29 is 9.59 Å². The Morgan fingerprint density at radius 3 is 2.64 bits per heavy atom. The lowest BCUT2D eigenvalue weighted by atomic mass is 9.99. The van der Waals surface area contributed by atoms with Gasteiger partial charge in [0, 0.05) is 38.2 Å². The van der Waals surface area contributed by atoms with Crippen LogP contribution < -0.4 is 5.32 Å². The fourth-order valence-corrected chi connectivity index (χ4v) is 3.48. The van der Waals surface area contributed by atoms with E-state index in [1.54, 1.807) is 23.0 Å². The molecule has 1 aliphatic rings. The van der Waals surface area contributed by atoms with Crippen LogP contribution in [-0.2, 0) is 6.54 Å². The van der Waals surface area contributed by atoms with Gasteiger partial charge in [0.1, 0.15) is 0 Å². The van der Waals surface area contributed by atoms with Crippen LogP contribution in [-0.4, -0.2) is 44.2 Å². The van der Waals surface area contributed by atoms with Gasteiger partial charge in [0.15, 0.2) is 5.69 Å². The molecule has 0 saturated carbocycles. The SMILES string of the molecule is CC1CCN(C(=O)c2nc(C(=O)NCc3ccncc3)c3ccccn23)CC1. The Labute approximate surface area is 163 Å². The smallest absolute Gasteiger partial charge is 0.290 e. The molecule has 0 radical (unpaired) electrons. The van der Waals surface area contributed by atoms with Crippen molar-refractivity contribution in [1.29, 1.82) is 0 Å². The highest BCUT2D eigenvalue weighted by Gasteiger charge is 2.27. The Kier molecular flexibility index (Phi) is 5.06. The summed E-state index contributed by atoms with van der Waals surface area (Å²) in [6, 6.07) is 9.18. The maximum Gasteiger partial charge on any atom is 0.290 e. The van der Waals surface area contributed by atoms with Crippen molar-refractivity contribution in [2.75, 3.05) is 13.1 Å². The predicted octanol–water partition coefficient (Wildman–Crippen LogP) is 2.53. The number of imidazole rings is 1. The van der Waals surface area contributed by atoms with Gasteiger partial charge in [-0.15, -0.1) is 0 Å². The highest BCUT2D eigenvalue weighted by atomic mass is 16.2. The van der Waals surface area contributed by atoms with Crippen molar-refractivity contribution in [3.63, 3.8) is 0 Å². The minimum Gasteiger partial charge on any atom is -0.347 e. The Hall–Kier alpha value is -3.22. The van der Waals surface area contributed by atoms with Crippen molar-refractivity contribution in [1.82, 2.24) is 24.6 Å². The molecule has 28 heavy (non-hydrogen) atoms. The van der Waals surface area contributed by atoms with Gasteiger partial charge in [-0.2, -0.15) is 0 Å². The summed E-state index contributed by atoms with van der Waals surface area (Å²) in [4.78, 5) is 36.0. The molecule has 1 N–H and O–H groups in total. The number of aromatic nitrogens is 3. The first-order valence-corrected chi connectivity index (χ1v) is 9.57. The number of hydrogen-bond acceptors (Lipinski definition) is 4. The Balaban J connectivity index is 1.59. The first-order chi connectivity index (χ1) is 13.6. The third-order valence-electron chi connectivity index (χ3n) is 5.23. The number of fused-ring (bicyclic) bond motifs is 1. The molecule has 0 aromatic carbocycles. The van der Waals surface area contributed by atoms with Crippen molar-refractivity contribution in [2.45, 2.75) is 26.3 Å². The molecular formula is C21H23N5O2. The molecule has 0 unspecified atom stereocenters. The summed E-state index contributed by atoms with van der Waals surface area (Å²) in [5, 5.41) is 2.88. The van der Waals surface area contributed by atoms with E-state index in [0.29, 0.717) is 23.8 Å². The molecule has 0 aliphatic carbocycles. The standard InChI is InChI=1S/C21H23N5O2/c1-15-7-12-25(13-8-15)21(28)19-24-18(17-4-2-3-11-26(17)19)20(27)23-14-16-5-9-22-10-6-16/h2-6,9-11,15H,7-8,12-14H2,1H3,(H,23,27). The Bertz CT molecular complexity index is 990. The van der Waals surface area contributed by atoms with Crippen molar-refractivity contribution in [2.24, 2.45) is 5.92 Å². The zero-order valence-electron chi connectivity index (χ0n) is 15.8. The molecule has 7 heteroatoms. The lowest BCUT2D eigenvalue weighted by molar-refractivity contribution is 0.0684. The van der Waals surface area contributed by atoms with Crippen LogP contribution in [0.4, 0.5) is 0 Å². The number of hydrogen-bond donors (Lipinski definition) is 1. The van der Waals surface area contributed by atoms with Gasteiger partial charge in [0.05, 0.1) is 5.52 Å². The predicted molar refractivity (Wildman–Crippen MR) is 105 cm³/mol. The van der Waals surface area contributed by atoms with Crippen molar-refractivity contribution in [3.8, 4) is 0 Å². The zero-order valence-corrected chi connectivity index (χ0v) is 15.8. The summed E-state index contributed by atoms with van der Waals surface area (Å²) in [6.45, 7) is 4.04. The molecule has 0 spiro atoms. The Morgan fingerprint density at radius 1 is 1.14 bits per heavy atom. The van der Waals surface area contributed by atoms with Gasteiger partial charge < -0.3 is 10.2 Å². The molecule has 7 nitrogen and oxygen atoms in total. The maximum absolute atomic E-state index is 13.0. The number of carbonyl (C=O) groups is 2. The number of pyridine rings is 2. The van der Waals surface area contributed by atoms with Crippen LogP contribution in [0.1, 0.15) is 46.4 Å². The average molecular weight is 377 g/mol. The van der Waals surface area contributed by atoms with E-state index in [0.717, 1.165) is 31.5 Å². The molecular weight excluding hydrogens is 354 g/mol. The highest BCUT2D eigenvalue weighted by molar-refractivity contribution is 6.02. The number of carbonyl (C=O) groups excluding carboxylic acids is 2. The van der Waals surface area contributed by atoms with Gasteiger partial charge in [-0.3, -0.25) is 19.0 Å². The van der Waals surface area contributed by atoms with Gasteiger partial charge in [0.2, 0.25) is 5.82 Å². The second-order valence-corrected chi connectivity index (χ2v) is 7.25. The van der Waals surface area contributed by atoms with E-state index in [9.17, 15) is 9.59 Å². The number of nitrogens with one attached hydrogen (secondary N) is 1. The minimum absolute atomic E-state index is 0.124. The summed E-state index contributed by atoms with van der Waals surface area (Å²) in [7, 11) is 0. The minimum atomic E-state index is -0.299. The third kappa shape index (κ3) is 3.60. The second-order valence-electron chi connectivity index (χ2n) is 7.25. The summed E-state index contributed by atoms with van der Waals surface area (Å²) in [6.07, 6.45) is 7.14. The van der Waals surface area contributed by atoms with Crippen LogP contribution in [0.15, 0.2) is 48.9 Å². The number of rotatable bonds is 4. The van der Waals surface area contributed by atoms with E-state index >= 15 is 0 Å². The van der Waals surface area contributed by atoms with Gasteiger partial charge >= 0.3 is 0 Å². The fraction of sp³-hybridized carbons (Fsp3) is 0.333. The summed E-state index contributed by atoms with van der Waals surface area (Å²) < 4.78 is 1.71. The van der Waals surface area contributed by atoms with Gasteiger partial charge in [-0.1, -0.05) is 13.0 Å². The molecule has 2 amide bonds. The lowest BCUT2D eigenvalue weighted by Gasteiger charge is -2.29. The van der Waals surface area contributed by atoms with E-state index < -0.39 is 0 Å². The van der Waals surface area contributed by atoms with E-state index in [1.165, 1.54) is 0 Å². The van der Waals surface area contributed by atoms with Crippen LogP contribution in [0.2, 0.25) is 0 Å². The molecule has 3 aromatic rings. The van der Waals surface area contributed by atoms with Crippen LogP contribution in [0, 0.1) is 5.92 Å². The number of nitrogens with zero attached hydrogens (tertiary/aromatic N) is 4. The first-order valence-electron chi connectivity index (χ1n) is 9.57. The fourth-order valence-electron chi connectivity index (χ4n) is 3.48. The molecule has 4 heterocycles. The summed E-state index contributed by atoms with van der Waals surface area (Å²) in [5.74, 6) is 0.503. The van der Waals surface area contributed by atoms with E-state index in [2.05, 4.69) is 22.2 Å². The first kappa shape index (κ1) is 18.2. The summed E-state index contributed by atoms with van der Waals surface area (Å²) in [5.41, 5.74) is 1.84. The van der Waals surface area contributed by atoms with Gasteiger partial charge in [-0.25, -0.2) is 4.98 Å². The maximum atomic E-state index is 13.0. The monoisotopic (exact) mass is 377 g/mol. The van der Waals surface area contributed by atoms with E-state index in [4.69, 9.17) is 0 Å². The molecule has 4 rings (SSSR count). The largest absolute Gasteiger partial charge is 0.347 e. The number of amides is 2. The van der Waals surface area contributed by atoms with E-state index in [1.807, 2.05) is 35.2 Å². The number of likely N-dealkylation sites (tertiary alicyclic amines) is 1. The molecule has 0 bridgehead atoms. The lowest BCUT2D eigenvalue weighted by Crippen LogP contribution is -2.38. The van der Waals surface area contributed by atoms with Gasteiger partial charge in [-0.05, 0) is 48.6 Å². The number of piperidine rings is 1. The van der Waals surface area contributed by atoms with Crippen molar-refractivity contribution in [3.05, 3.63) is 66.0 Å². The van der Waals surface area contributed by atoms with Crippen LogP contribution in [0.3, 0.4) is 0 Å². The molecule has 1 fully saturated rings. The quantitative estimate of drug-likeness (QED) is 0.758. The second kappa shape index (κ2) is 7.80. The van der Waals surface area contributed by atoms with Crippen LogP contribution in [0.5, 0.6) is 0 Å². The van der Waals surface area contributed by atoms with E-state index in [-0.39, 0.29) is 17.5 Å². The third-order valence-corrected chi connectivity index (χ3v) is 5.23. The van der Waals surface area contributed by atoms with Crippen molar-refractivity contribution >= 4 is 17.3 Å². The van der Waals surface area contributed by atoms with Crippen LogP contribution >= 0.6 is 0 Å². The topological polar surface area (TPSA) is 79.6 Å². The average Bonchev–Trinajstić information content (AvgIpc) is 3.13.